The molecule has 9 heteroatoms. The molecule has 170 valence electrons. The van der Waals surface area contributed by atoms with Crippen molar-refractivity contribution in [1.82, 2.24) is 10.2 Å². The predicted molar refractivity (Wildman–Crippen MR) is 132 cm³/mol. The summed E-state index contributed by atoms with van der Waals surface area (Å²) < 4.78 is 5.11. The second-order valence-corrected chi connectivity index (χ2v) is 8.56. The van der Waals surface area contributed by atoms with Gasteiger partial charge in [0.2, 0.25) is 5.91 Å². The van der Waals surface area contributed by atoms with Crippen LogP contribution >= 0.6 is 23.8 Å². The van der Waals surface area contributed by atoms with Gasteiger partial charge in [-0.3, -0.25) is 14.9 Å². The second-order valence-electron chi connectivity index (χ2n) is 7.74. The molecule has 0 radical (unpaired) electrons. The number of nitrogens with one attached hydrogen (secondary N) is 2. The SMILES string of the molecule is COc1ccc(C(=O)NC(=S)Nc2ccccc2N2CCN(C(=O)C(C)C)CC2)cc1Cl. The highest BCUT2D eigenvalue weighted by atomic mass is 35.5. The van der Waals surface area contributed by atoms with Gasteiger partial charge in [-0.2, -0.15) is 0 Å². The van der Waals surface area contributed by atoms with E-state index in [-0.39, 0.29) is 22.8 Å². The standard InChI is InChI=1S/C23H27ClN4O3S/c1-15(2)22(30)28-12-10-27(11-13-28)19-7-5-4-6-18(19)25-23(32)26-21(29)16-8-9-20(31-3)17(24)14-16/h4-9,14-15H,10-13H2,1-3H3,(H2,25,26,29,32). The molecule has 2 aromatic carbocycles. The summed E-state index contributed by atoms with van der Waals surface area (Å²) in [6.45, 7) is 6.63. The number of piperazine rings is 1. The maximum absolute atomic E-state index is 12.6. The van der Waals surface area contributed by atoms with Crippen LogP contribution in [-0.2, 0) is 4.79 Å². The molecule has 1 aliphatic rings. The van der Waals surface area contributed by atoms with Crippen molar-refractivity contribution in [2.75, 3.05) is 43.5 Å². The number of rotatable bonds is 5. The summed E-state index contributed by atoms with van der Waals surface area (Å²) in [5, 5.41) is 6.33. The number of benzene rings is 2. The Kier molecular flexibility index (Phi) is 7.93. The molecule has 1 aliphatic heterocycles. The molecule has 2 aromatic rings. The minimum atomic E-state index is -0.370. The van der Waals surface area contributed by atoms with E-state index in [2.05, 4.69) is 15.5 Å². The van der Waals surface area contributed by atoms with E-state index < -0.39 is 0 Å². The summed E-state index contributed by atoms with van der Waals surface area (Å²) in [5.41, 5.74) is 2.13. The number of amides is 2. The zero-order valence-corrected chi connectivity index (χ0v) is 19.9. The summed E-state index contributed by atoms with van der Waals surface area (Å²) in [6.07, 6.45) is 0. The Labute approximate surface area is 198 Å². The van der Waals surface area contributed by atoms with Crippen LogP contribution in [0.1, 0.15) is 24.2 Å². The van der Waals surface area contributed by atoms with Crippen molar-refractivity contribution in [2.45, 2.75) is 13.8 Å². The number of thiocarbonyl (C=S) groups is 1. The van der Waals surface area contributed by atoms with E-state index in [4.69, 9.17) is 28.6 Å². The Morgan fingerprint density at radius 3 is 2.41 bits per heavy atom. The Bertz CT molecular complexity index is 1010. The maximum atomic E-state index is 12.6. The fraction of sp³-hybridized carbons (Fsp3) is 0.348. The molecule has 0 bridgehead atoms. The summed E-state index contributed by atoms with van der Waals surface area (Å²) in [6, 6.07) is 12.5. The summed E-state index contributed by atoms with van der Waals surface area (Å²) >= 11 is 11.5. The third-order valence-corrected chi connectivity index (χ3v) is 5.72. The zero-order valence-electron chi connectivity index (χ0n) is 18.4. The Morgan fingerprint density at radius 1 is 1.09 bits per heavy atom. The van der Waals surface area contributed by atoms with Gasteiger partial charge in [0.25, 0.3) is 5.91 Å². The number of hydrogen-bond donors (Lipinski definition) is 2. The molecule has 0 spiro atoms. The molecular formula is C23H27ClN4O3S. The molecule has 32 heavy (non-hydrogen) atoms. The molecule has 7 nitrogen and oxygen atoms in total. The van der Waals surface area contributed by atoms with Crippen LogP contribution in [0.5, 0.6) is 5.75 Å². The molecule has 2 amide bonds. The molecular weight excluding hydrogens is 448 g/mol. The smallest absolute Gasteiger partial charge is 0.257 e. The normalized spacial score (nSPS) is 13.7. The van der Waals surface area contributed by atoms with Gasteiger partial charge in [-0.15, -0.1) is 0 Å². The monoisotopic (exact) mass is 474 g/mol. The highest BCUT2D eigenvalue weighted by Crippen LogP contribution is 2.27. The molecule has 3 rings (SSSR count). The fourth-order valence-corrected chi connectivity index (χ4v) is 3.98. The van der Waals surface area contributed by atoms with Gasteiger partial charge in [-0.25, -0.2) is 0 Å². The number of nitrogens with zero attached hydrogens (tertiary/aromatic N) is 2. The van der Waals surface area contributed by atoms with Crippen LogP contribution in [0.2, 0.25) is 5.02 Å². The zero-order chi connectivity index (χ0) is 23.3. The number of hydrogen-bond acceptors (Lipinski definition) is 5. The Hall–Kier alpha value is -2.84. The van der Waals surface area contributed by atoms with Gasteiger partial charge >= 0.3 is 0 Å². The van der Waals surface area contributed by atoms with Gasteiger partial charge in [0, 0.05) is 37.7 Å². The Balaban J connectivity index is 1.64. The number of anilines is 2. The summed E-state index contributed by atoms with van der Waals surface area (Å²) in [7, 11) is 1.51. The Morgan fingerprint density at radius 2 is 1.78 bits per heavy atom. The third kappa shape index (κ3) is 5.69. The van der Waals surface area contributed by atoms with Crippen LogP contribution < -0.4 is 20.3 Å². The van der Waals surface area contributed by atoms with Gasteiger partial charge < -0.3 is 19.9 Å². The number of carbonyl (C=O) groups excluding carboxylic acids is 2. The van der Waals surface area contributed by atoms with Gasteiger partial charge in [0.05, 0.1) is 23.5 Å². The molecule has 1 heterocycles. The van der Waals surface area contributed by atoms with E-state index in [1.165, 1.54) is 13.2 Å². The lowest BCUT2D eigenvalue weighted by Crippen LogP contribution is -2.50. The number of halogens is 1. The minimum Gasteiger partial charge on any atom is -0.495 e. The fourth-order valence-electron chi connectivity index (χ4n) is 3.52. The maximum Gasteiger partial charge on any atom is 0.257 e. The molecule has 1 saturated heterocycles. The van der Waals surface area contributed by atoms with E-state index in [1.54, 1.807) is 12.1 Å². The molecule has 0 atom stereocenters. The average Bonchev–Trinajstić information content (AvgIpc) is 2.78. The molecule has 0 aliphatic carbocycles. The summed E-state index contributed by atoms with van der Waals surface area (Å²) in [5.74, 6) is 0.300. The van der Waals surface area contributed by atoms with Crippen LogP contribution in [0.4, 0.5) is 11.4 Å². The van der Waals surface area contributed by atoms with E-state index in [0.717, 1.165) is 24.5 Å². The largest absolute Gasteiger partial charge is 0.495 e. The number of para-hydroxylation sites is 2. The van der Waals surface area contributed by atoms with Crippen molar-refractivity contribution in [3.63, 3.8) is 0 Å². The molecule has 0 aromatic heterocycles. The van der Waals surface area contributed by atoms with Gasteiger partial charge in [0.15, 0.2) is 5.11 Å². The van der Waals surface area contributed by atoms with Gasteiger partial charge in [-0.05, 0) is 42.5 Å². The van der Waals surface area contributed by atoms with E-state index >= 15 is 0 Å². The van der Waals surface area contributed by atoms with Crippen molar-refractivity contribution in [3.05, 3.63) is 53.1 Å². The van der Waals surface area contributed by atoms with Crippen molar-refractivity contribution in [2.24, 2.45) is 5.92 Å². The van der Waals surface area contributed by atoms with Crippen LogP contribution in [0.3, 0.4) is 0 Å². The lowest BCUT2D eigenvalue weighted by atomic mass is 10.1. The van der Waals surface area contributed by atoms with E-state index in [1.807, 2.05) is 43.0 Å². The number of methoxy groups -OCH3 is 1. The molecule has 0 saturated carbocycles. The highest BCUT2D eigenvalue weighted by molar-refractivity contribution is 7.80. The molecule has 0 unspecified atom stereocenters. The van der Waals surface area contributed by atoms with Crippen molar-refractivity contribution in [1.29, 1.82) is 0 Å². The molecule has 2 N–H and O–H groups in total. The first-order valence-electron chi connectivity index (χ1n) is 10.4. The van der Waals surface area contributed by atoms with Gasteiger partial charge in [0.1, 0.15) is 5.75 Å². The second kappa shape index (κ2) is 10.7. The van der Waals surface area contributed by atoms with Crippen LogP contribution in [0.25, 0.3) is 0 Å². The lowest BCUT2D eigenvalue weighted by molar-refractivity contribution is -0.134. The van der Waals surface area contributed by atoms with Crippen LogP contribution in [-0.4, -0.2) is 55.1 Å². The van der Waals surface area contributed by atoms with Crippen molar-refractivity contribution < 1.29 is 14.3 Å². The quantitative estimate of drug-likeness (QED) is 0.642. The third-order valence-electron chi connectivity index (χ3n) is 5.22. The first kappa shape index (κ1) is 23.8. The summed E-state index contributed by atoms with van der Waals surface area (Å²) in [4.78, 5) is 28.9. The van der Waals surface area contributed by atoms with Crippen molar-refractivity contribution >= 4 is 52.1 Å². The van der Waals surface area contributed by atoms with Crippen molar-refractivity contribution in [3.8, 4) is 5.75 Å². The number of ether oxygens (including phenoxy) is 1. The highest BCUT2D eigenvalue weighted by Gasteiger charge is 2.24. The molecule has 1 fully saturated rings. The van der Waals surface area contributed by atoms with Gasteiger partial charge in [-0.1, -0.05) is 37.6 Å². The topological polar surface area (TPSA) is 73.9 Å². The van der Waals surface area contributed by atoms with Crippen LogP contribution in [0.15, 0.2) is 42.5 Å². The first-order chi connectivity index (χ1) is 15.3. The lowest BCUT2D eigenvalue weighted by Gasteiger charge is -2.37. The minimum absolute atomic E-state index is 0.00271. The predicted octanol–water partition coefficient (Wildman–Crippen LogP) is 3.78. The number of carbonyl (C=O) groups is 2. The van der Waals surface area contributed by atoms with Crippen LogP contribution in [0, 0.1) is 5.92 Å². The van der Waals surface area contributed by atoms with E-state index in [9.17, 15) is 9.59 Å². The first-order valence-corrected chi connectivity index (χ1v) is 11.2. The average molecular weight is 475 g/mol. The van der Waals surface area contributed by atoms with E-state index in [0.29, 0.717) is 29.4 Å².